The second-order valence-corrected chi connectivity index (χ2v) is 4.90. The summed E-state index contributed by atoms with van der Waals surface area (Å²) in [5.74, 6) is 0. The van der Waals surface area contributed by atoms with Gasteiger partial charge in [-0.05, 0) is 34.6 Å². The predicted octanol–water partition coefficient (Wildman–Crippen LogP) is 2.11. The fourth-order valence-electron chi connectivity index (χ4n) is 1.37. The Hall–Kier alpha value is -0.870. The van der Waals surface area contributed by atoms with Crippen LogP contribution in [-0.4, -0.2) is 15.4 Å². The van der Waals surface area contributed by atoms with Gasteiger partial charge in [-0.3, -0.25) is 9.52 Å². The zero-order chi connectivity index (χ0) is 11.6. The Balaban J connectivity index is 2.61. The molecule has 15 heavy (non-hydrogen) atoms. The summed E-state index contributed by atoms with van der Waals surface area (Å²) < 4.78 is 1.82. The molecule has 0 aromatic carbocycles. The molecule has 0 aliphatic rings. The number of hydrogen-bond donors (Lipinski definition) is 1. The smallest absolute Gasteiger partial charge is 0.0813 e. The van der Waals surface area contributed by atoms with Crippen LogP contribution in [0.1, 0.15) is 45.0 Å². The topological polar surface area (TPSA) is 39.1 Å². The third-order valence-electron chi connectivity index (χ3n) is 2.06. The Labute approximate surface area is 91.6 Å². The highest BCUT2D eigenvalue weighted by Crippen LogP contribution is 2.17. The molecule has 0 radical (unpaired) electrons. The van der Waals surface area contributed by atoms with Crippen molar-refractivity contribution in [2.45, 2.75) is 46.3 Å². The van der Waals surface area contributed by atoms with E-state index in [2.05, 4.69) is 17.5 Å². The van der Waals surface area contributed by atoms with Gasteiger partial charge >= 0.3 is 0 Å². The molecular formula is C11H21N3O. The summed E-state index contributed by atoms with van der Waals surface area (Å²) >= 11 is 0. The third kappa shape index (κ3) is 3.64. The zero-order valence-electron chi connectivity index (χ0n) is 10.5. The number of hydrogen-bond acceptors (Lipinski definition) is 3. The van der Waals surface area contributed by atoms with Crippen molar-refractivity contribution in [3.8, 4) is 0 Å². The highest BCUT2D eigenvalue weighted by atomic mass is 16.7. The molecule has 0 fully saturated rings. The molecule has 0 saturated carbocycles. The van der Waals surface area contributed by atoms with Crippen LogP contribution >= 0.6 is 0 Å². The van der Waals surface area contributed by atoms with Crippen molar-refractivity contribution in [1.82, 2.24) is 15.3 Å². The van der Waals surface area contributed by atoms with E-state index in [-0.39, 0.29) is 11.6 Å². The molecule has 0 bridgehead atoms. The van der Waals surface area contributed by atoms with Crippen LogP contribution in [-0.2, 0) is 11.9 Å². The van der Waals surface area contributed by atoms with Crippen molar-refractivity contribution in [2.24, 2.45) is 7.05 Å². The lowest BCUT2D eigenvalue weighted by atomic mass is 10.1. The number of hydroxylamine groups is 1. The summed E-state index contributed by atoms with van der Waals surface area (Å²) in [6.07, 6.45) is 2.01. The minimum absolute atomic E-state index is 0.151. The summed E-state index contributed by atoms with van der Waals surface area (Å²) in [6.45, 7) is 10.1. The third-order valence-corrected chi connectivity index (χ3v) is 2.06. The maximum Gasteiger partial charge on any atom is 0.0813 e. The number of nitrogens with zero attached hydrogens (tertiary/aromatic N) is 2. The first-order valence-corrected chi connectivity index (χ1v) is 5.23. The molecule has 1 heterocycles. The standard InChI is InChI=1S/C11H21N3O/c1-8-10(7-14(6)12-8)9(2)13-15-11(3,4)5/h7,9,13H,1-6H3. The van der Waals surface area contributed by atoms with E-state index in [1.807, 2.05) is 45.6 Å². The van der Waals surface area contributed by atoms with E-state index < -0.39 is 0 Å². The molecule has 4 nitrogen and oxygen atoms in total. The van der Waals surface area contributed by atoms with Crippen molar-refractivity contribution in [1.29, 1.82) is 0 Å². The highest BCUT2D eigenvalue weighted by molar-refractivity contribution is 5.18. The van der Waals surface area contributed by atoms with E-state index in [1.54, 1.807) is 0 Å². The number of rotatable bonds is 3. The molecular weight excluding hydrogens is 190 g/mol. The van der Waals surface area contributed by atoms with Gasteiger partial charge in [0, 0.05) is 18.8 Å². The van der Waals surface area contributed by atoms with Crippen molar-refractivity contribution < 1.29 is 4.84 Å². The van der Waals surface area contributed by atoms with E-state index >= 15 is 0 Å². The van der Waals surface area contributed by atoms with E-state index in [0.29, 0.717) is 0 Å². The van der Waals surface area contributed by atoms with Crippen molar-refractivity contribution in [3.05, 3.63) is 17.5 Å². The van der Waals surface area contributed by atoms with Gasteiger partial charge in [0.25, 0.3) is 0 Å². The Bertz CT molecular complexity index is 325. The monoisotopic (exact) mass is 211 g/mol. The Morgan fingerprint density at radius 1 is 1.47 bits per heavy atom. The molecule has 1 aromatic heterocycles. The SMILES string of the molecule is Cc1nn(C)cc1C(C)NOC(C)(C)C. The number of nitrogens with one attached hydrogen (secondary N) is 1. The second kappa shape index (κ2) is 4.33. The molecule has 1 atom stereocenters. The van der Waals surface area contributed by atoms with Crippen LogP contribution in [0.4, 0.5) is 0 Å². The van der Waals surface area contributed by atoms with E-state index in [1.165, 1.54) is 5.56 Å². The van der Waals surface area contributed by atoms with Gasteiger partial charge in [0.15, 0.2) is 0 Å². The quantitative estimate of drug-likeness (QED) is 0.778. The van der Waals surface area contributed by atoms with Gasteiger partial charge in [-0.2, -0.15) is 10.6 Å². The lowest BCUT2D eigenvalue weighted by molar-refractivity contribution is -0.0867. The molecule has 0 saturated heterocycles. The lowest BCUT2D eigenvalue weighted by Crippen LogP contribution is -2.31. The molecule has 0 amide bonds. The first kappa shape index (κ1) is 12.2. The van der Waals surface area contributed by atoms with Crippen LogP contribution < -0.4 is 5.48 Å². The molecule has 0 aliphatic heterocycles. The average molecular weight is 211 g/mol. The average Bonchev–Trinajstić information content (AvgIpc) is 2.40. The molecule has 1 aromatic rings. The van der Waals surface area contributed by atoms with E-state index in [4.69, 9.17) is 4.84 Å². The lowest BCUT2D eigenvalue weighted by Gasteiger charge is -2.22. The van der Waals surface area contributed by atoms with Crippen LogP contribution in [0, 0.1) is 6.92 Å². The molecule has 4 heteroatoms. The Morgan fingerprint density at radius 3 is 2.47 bits per heavy atom. The van der Waals surface area contributed by atoms with Crippen LogP contribution in [0.5, 0.6) is 0 Å². The maximum absolute atomic E-state index is 5.52. The van der Waals surface area contributed by atoms with Gasteiger partial charge in [-0.15, -0.1) is 0 Å². The number of aryl methyl sites for hydroxylation is 2. The molecule has 0 spiro atoms. The van der Waals surface area contributed by atoms with Crippen molar-refractivity contribution >= 4 is 0 Å². The zero-order valence-corrected chi connectivity index (χ0v) is 10.5. The summed E-state index contributed by atoms with van der Waals surface area (Å²) in [6, 6.07) is 0.151. The van der Waals surface area contributed by atoms with Gasteiger partial charge in [-0.25, -0.2) is 0 Å². The molecule has 0 aliphatic carbocycles. The van der Waals surface area contributed by atoms with Crippen molar-refractivity contribution in [2.75, 3.05) is 0 Å². The summed E-state index contributed by atoms with van der Waals surface area (Å²) in [5.41, 5.74) is 5.07. The van der Waals surface area contributed by atoms with Gasteiger partial charge in [0.05, 0.1) is 17.3 Å². The maximum atomic E-state index is 5.52. The highest BCUT2D eigenvalue weighted by Gasteiger charge is 2.16. The van der Waals surface area contributed by atoms with E-state index in [0.717, 1.165) is 5.69 Å². The van der Waals surface area contributed by atoms with Gasteiger partial charge < -0.3 is 0 Å². The summed E-state index contributed by atoms with van der Waals surface area (Å²) in [4.78, 5) is 5.52. The van der Waals surface area contributed by atoms with Gasteiger partial charge in [0.1, 0.15) is 0 Å². The fraction of sp³-hybridized carbons (Fsp3) is 0.727. The predicted molar refractivity (Wildman–Crippen MR) is 60.3 cm³/mol. The normalized spacial score (nSPS) is 14.3. The Kier molecular flexibility index (Phi) is 3.52. The second-order valence-electron chi connectivity index (χ2n) is 4.90. The van der Waals surface area contributed by atoms with Crippen LogP contribution in [0.25, 0.3) is 0 Å². The van der Waals surface area contributed by atoms with Gasteiger partial charge in [-0.1, -0.05) is 0 Å². The molecule has 86 valence electrons. The molecule has 1 N–H and O–H groups in total. The fourth-order valence-corrected chi connectivity index (χ4v) is 1.37. The molecule has 1 rings (SSSR count). The van der Waals surface area contributed by atoms with E-state index in [9.17, 15) is 0 Å². The first-order valence-electron chi connectivity index (χ1n) is 5.23. The molecule has 1 unspecified atom stereocenters. The van der Waals surface area contributed by atoms with Crippen LogP contribution in [0.2, 0.25) is 0 Å². The minimum atomic E-state index is -0.176. The minimum Gasteiger partial charge on any atom is -0.296 e. The van der Waals surface area contributed by atoms with Crippen LogP contribution in [0.15, 0.2) is 6.20 Å². The Morgan fingerprint density at radius 2 is 2.07 bits per heavy atom. The summed E-state index contributed by atoms with van der Waals surface area (Å²) in [5, 5.41) is 4.30. The largest absolute Gasteiger partial charge is 0.296 e. The number of aromatic nitrogens is 2. The van der Waals surface area contributed by atoms with Crippen LogP contribution in [0.3, 0.4) is 0 Å². The summed E-state index contributed by atoms with van der Waals surface area (Å²) in [7, 11) is 1.92. The van der Waals surface area contributed by atoms with Gasteiger partial charge in [0.2, 0.25) is 0 Å². The van der Waals surface area contributed by atoms with Crippen molar-refractivity contribution in [3.63, 3.8) is 0 Å². The first-order chi connectivity index (χ1) is 6.79.